The first-order chi connectivity index (χ1) is 13.1. The highest BCUT2D eigenvalue weighted by Crippen LogP contribution is 2.22. The number of para-hydroxylation sites is 1. The third-order valence-electron chi connectivity index (χ3n) is 3.86. The molecule has 0 amide bonds. The summed E-state index contributed by atoms with van der Waals surface area (Å²) in [6, 6.07) is 16.1. The Kier molecular flexibility index (Phi) is 5.93. The summed E-state index contributed by atoms with van der Waals surface area (Å²) >= 11 is 1.42. The Morgan fingerprint density at radius 3 is 2.59 bits per heavy atom. The van der Waals surface area contributed by atoms with Gasteiger partial charge in [0.25, 0.3) is 0 Å². The van der Waals surface area contributed by atoms with Crippen LogP contribution in [0.15, 0.2) is 66.0 Å². The maximum absolute atomic E-state index is 12.6. The van der Waals surface area contributed by atoms with Gasteiger partial charge >= 0.3 is 5.97 Å². The van der Waals surface area contributed by atoms with Crippen LogP contribution in [-0.4, -0.2) is 41.3 Å². The number of methoxy groups -OCH3 is 1. The lowest BCUT2D eigenvalue weighted by molar-refractivity contribution is 0.0466. The number of benzene rings is 2. The van der Waals surface area contributed by atoms with Gasteiger partial charge in [-0.05, 0) is 30.5 Å². The van der Waals surface area contributed by atoms with Crippen LogP contribution in [0.25, 0.3) is 5.69 Å². The van der Waals surface area contributed by atoms with E-state index in [-0.39, 0.29) is 18.1 Å². The molecule has 138 valence electrons. The Balaban J connectivity index is 1.77. The molecule has 1 heterocycles. The minimum Gasteiger partial charge on any atom is -0.497 e. The van der Waals surface area contributed by atoms with Crippen molar-refractivity contribution < 1.29 is 19.1 Å². The van der Waals surface area contributed by atoms with E-state index in [0.29, 0.717) is 16.5 Å². The number of aromatic nitrogens is 2. The van der Waals surface area contributed by atoms with Gasteiger partial charge in [0.05, 0.1) is 13.3 Å². The van der Waals surface area contributed by atoms with Gasteiger partial charge in [0.1, 0.15) is 5.75 Å². The van der Waals surface area contributed by atoms with Crippen LogP contribution in [-0.2, 0) is 4.74 Å². The summed E-state index contributed by atoms with van der Waals surface area (Å²) in [6.07, 6.45) is 3.33. The molecule has 0 aliphatic rings. The van der Waals surface area contributed by atoms with Gasteiger partial charge in [-0.25, -0.2) is 9.78 Å². The van der Waals surface area contributed by atoms with E-state index in [1.165, 1.54) is 25.1 Å². The molecule has 27 heavy (non-hydrogen) atoms. The van der Waals surface area contributed by atoms with Gasteiger partial charge in [-0.15, -0.1) is 0 Å². The lowest BCUT2D eigenvalue weighted by Crippen LogP contribution is -2.17. The fourth-order valence-electron chi connectivity index (χ4n) is 2.53. The molecule has 0 N–H and O–H groups in total. The zero-order valence-corrected chi connectivity index (χ0v) is 15.7. The highest BCUT2D eigenvalue weighted by molar-refractivity contribution is 7.98. The summed E-state index contributed by atoms with van der Waals surface area (Å²) < 4.78 is 12.1. The summed E-state index contributed by atoms with van der Waals surface area (Å²) in [4.78, 5) is 29.1. The second kappa shape index (κ2) is 8.55. The van der Waals surface area contributed by atoms with Gasteiger partial charge < -0.3 is 9.47 Å². The van der Waals surface area contributed by atoms with Crippen molar-refractivity contribution in [3.8, 4) is 11.4 Å². The average Bonchev–Trinajstić information content (AvgIpc) is 3.16. The molecule has 3 rings (SSSR count). The van der Waals surface area contributed by atoms with Crippen LogP contribution in [0, 0.1) is 0 Å². The summed E-state index contributed by atoms with van der Waals surface area (Å²) in [5, 5.41) is 0.660. The van der Waals surface area contributed by atoms with Gasteiger partial charge in [-0.1, -0.05) is 42.1 Å². The average molecular weight is 382 g/mol. The zero-order chi connectivity index (χ0) is 19.2. The van der Waals surface area contributed by atoms with Crippen LogP contribution in [0.2, 0.25) is 0 Å². The molecule has 0 saturated carbocycles. The van der Waals surface area contributed by atoms with Crippen molar-refractivity contribution in [3.63, 3.8) is 0 Å². The van der Waals surface area contributed by atoms with Crippen molar-refractivity contribution in [2.24, 2.45) is 0 Å². The van der Waals surface area contributed by atoms with Crippen molar-refractivity contribution in [2.45, 2.75) is 5.16 Å². The van der Waals surface area contributed by atoms with Crippen molar-refractivity contribution in [3.05, 3.63) is 72.1 Å². The van der Waals surface area contributed by atoms with Crippen molar-refractivity contribution >= 4 is 23.5 Å². The quantitative estimate of drug-likeness (QED) is 0.353. The van der Waals surface area contributed by atoms with E-state index >= 15 is 0 Å². The largest absolute Gasteiger partial charge is 0.497 e. The number of thioether (sulfide) groups is 1. The van der Waals surface area contributed by atoms with E-state index in [0.717, 1.165) is 5.69 Å². The number of imidazole rings is 1. The Labute approximate surface area is 161 Å². The highest BCUT2D eigenvalue weighted by Gasteiger charge is 2.20. The maximum atomic E-state index is 12.6. The highest BCUT2D eigenvalue weighted by atomic mass is 32.2. The van der Waals surface area contributed by atoms with E-state index in [9.17, 15) is 9.59 Å². The molecule has 0 saturated heterocycles. The lowest BCUT2D eigenvalue weighted by atomic mass is 10.1. The number of ketones is 1. The van der Waals surface area contributed by atoms with Gasteiger partial charge in [0.2, 0.25) is 0 Å². The predicted octanol–water partition coefficient (Wildman–Crippen LogP) is 3.64. The van der Waals surface area contributed by atoms with Crippen molar-refractivity contribution in [1.82, 2.24) is 9.55 Å². The number of Topliss-reactive ketones (excluding diaryl/α,β-unsaturated/α-hetero) is 1. The minimum absolute atomic E-state index is 0.268. The number of ether oxygens (including phenoxy) is 2. The first-order valence-electron chi connectivity index (χ1n) is 8.15. The predicted molar refractivity (Wildman–Crippen MR) is 103 cm³/mol. The zero-order valence-electron chi connectivity index (χ0n) is 14.9. The fraction of sp³-hybridized carbons (Fsp3) is 0.150. The number of hydrogen-bond acceptors (Lipinski definition) is 6. The SMILES string of the molecule is COc1cccc(C(=O)COC(=O)c2cnc(SC)n2-c2ccccc2)c1. The maximum Gasteiger partial charge on any atom is 0.357 e. The standard InChI is InChI=1S/C20H18N2O4S/c1-25-16-10-6-7-14(11-16)18(23)13-26-19(24)17-12-21-20(27-2)22(17)15-8-4-3-5-9-15/h3-12H,13H2,1-2H3. The second-order valence-corrected chi connectivity index (χ2v) is 6.31. The third kappa shape index (κ3) is 4.20. The lowest BCUT2D eigenvalue weighted by Gasteiger charge is -2.10. The Morgan fingerprint density at radius 1 is 1.11 bits per heavy atom. The molecule has 0 atom stereocenters. The van der Waals surface area contributed by atoms with Gasteiger partial charge in [-0.2, -0.15) is 0 Å². The molecule has 6 nitrogen and oxygen atoms in total. The molecule has 3 aromatic rings. The van der Waals surface area contributed by atoms with E-state index in [1.54, 1.807) is 28.8 Å². The number of hydrogen-bond donors (Lipinski definition) is 0. The van der Waals surface area contributed by atoms with Gasteiger partial charge in [0, 0.05) is 11.3 Å². The van der Waals surface area contributed by atoms with Crippen LogP contribution >= 0.6 is 11.8 Å². The molecule has 1 aromatic heterocycles. The van der Waals surface area contributed by atoms with Crippen LogP contribution in [0.1, 0.15) is 20.8 Å². The number of nitrogens with zero attached hydrogens (tertiary/aromatic N) is 2. The Hall–Kier alpha value is -3.06. The van der Waals surface area contributed by atoms with Crippen LogP contribution in [0.4, 0.5) is 0 Å². The molecule has 0 fully saturated rings. The van der Waals surface area contributed by atoms with Crippen LogP contribution in [0.5, 0.6) is 5.75 Å². The number of carbonyl (C=O) groups is 2. The number of carbonyl (C=O) groups excluding carboxylic acids is 2. The molecular formula is C20H18N2O4S. The second-order valence-electron chi connectivity index (χ2n) is 5.53. The Bertz CT molecular complexity index is 954. The third-order valence-corrected chi connectivity index (χ3v) is 4.51. The normalized spacial score (nSPS) is 10.4. The molecule has 0 bridgehead atoms. The molecule has 0 spiro atoms. The summed E-state index contributed by atoms with van der Waals surface area (Å²) in [5.41, 5.74) is 1.48. The topological polar surface area (TPSA) is 70.4 Å². The smallest absolute Gasteiger partial charge is 0.357 e. The van der Waals surface area contributed by atoms with E-state index in [4.69, 9.17) is 9.47 Å². The van der Waals surface area contributed by atoms with Gasteiger partial charge in [0.15, 0.2) is 23.2 Å². The Morgan fingerprint density at radius 2 is 1.89 bits per heavy atom. The molecule has 0 radical (unpaired) electrons. The first-order valence-corrected chi connectivity index (χ1v) is 9.38. The van der Waals surface area contributed by atoms with Crippen molar-refractivity contribution in [2.75, 3.05) is 20.0 Å². The first kappa shape index (κ1) is 18.7. The minimum atomic E-state index is -0.608. The molecule has 0 unspecified atom stereocenters. The molecular weight excluding hydrogens is 364 g/mol. The molecule has 0 aliphatic heterocycles. The molecule has 2 aromatic carbocycles. The molecule has 0 aliphatic carbocycles. The number of esters is 1. The summed E-state index contributed by atoms with van der Waals surface area (Å²) in [5.74, 6) is -0.347. The van der Waals surface area contributed by atoms with Crippen molar-refractivity contribution in [1.29, 1.82) is 0 Å². The van der Waals surface area contributed by atoms with Crippen LogP contribution in [0.3, 0.4) is 0 Å². The molecule has 7 heteroatoms. The summed E-state index contributed by atoms with van der Waals surface area (Å²) in [7, 11) is 1.53. The van der Waals surface area contributed by atoms with E-state index in [1.807, 2.05) is 36.6 Å². The summed E-state index contributed by atoms with van der Waals surface area (Å²) in [6.45, 7) is -0.361. The van der Waals surface area contributed by atoms with Crippen LogP contribution < -0.4 is 4.74 Å². The van der Waals surface area contributed by atoms with Gasteiger partial charge in [-0.3, -0.25) is 9.36 Å². The number of rotatable bonds is 7. The van der Waals surface area contributed by atoms with E-state index < -0.39 is 5.97 Å². The fourth-order valence-corrected chi connectivity index (χ4v) is 3.08. The van der Waals surface area contributed by atoms with E-state index in [2.05, 4.69) is 4.98 Å². The monoisotopic (exact) mass is 382 g/mol.